The summed E-state index contributed by atoms with van der Waals surface area (Å²) in [5.74, 6) is 0. The summed E-state index contributed by atoms with van der Waals surface area (Å²) in [4.78, 5) is 1.70. The van der Waals surface area contributed by atoms with Gasteiger partial charge in [-0.3, -0.25) is 5.43 Å². The maximum Gasteiger partial charge on any atom is 0.132 e. The van der Waals surface area contributed by atoms with E-state index in [1.54, 1.807) is 4.80 Å². The minimum absolute atomic E-state index is 0.906. The summed E-state index contributed by atoms with van der Waals surface area (Å²) in [7, 11) is 0. The van der Waals surface area contributed by atoms with Gasteiger partial charge < -0.3 is 0 Å². The third-order valence-electron chi connectivity index (χ3n) is 3.86. The Bertz CT molecular complexity index is 821. The second kappa shape index (κ2) is 6.04. The average Bonchev–Trinajstić information content (AvgIpc) is 3.06. The lowest BCUT2D eigenvalue weighted by atomic mass is 9.99. The van der Waals surface area contributed by atoms with Crippen molar-refractivity contribution in [3.8, 4) is 5.69 Å². The van der Waals surface area contributed by atoms with Crippen molar-refractivity contribution < 1.29 is 0 Å². The van der Waals surface area contributed by atoms with Gasteiger partial charge in [-0.2, -0.15) is 15.0 Å². The fourth-order valence-electron chi connectivity index (χ4n) is 2.70. The molecule has 1 aliphatic carbocycles. The molecule has 114 valence electrons. The third-order valence-corrected chi connectivity index (χ3v) is 3.86. The van der Waals surface area contributed by atoms with Gasteiger partial charge in [0.2, 0.25) is 0 Å². The summed E-state index contributed by atoms with van der Waals surface area (Å²) in [6, 6.07) is 19.9. The standard InChI is InChI=1S/C18H17N5/c1-3-8-14(9-4-1)19-20-16-12-7-13-17-18(16)22-23(21-17)15-10-5-2-6-11-15/h1-6,8-11,19H,7,12-13H2/b20-16+. The third kappa shape index (κ3) is 2.85. The number of aryl methyl sites for hydroxylation is 1. The van der Waals surface area contributed by atoms with Gasteiger partial charge in [0.1, 0.15) is 5.69 Å². The number of fused-ring (bicyclic) bond motifs is 1. The molecule has 3 aromatic rings. The van der Waals surface area contributed by atoms with E-state index in [-0.39, 0.29) is 0 Å². The molecule has 0 saturated carbocycles. The van der Waals surface area contributed by atoms with Crippen molar-refractivity contribution in [1.82, 2.24) is 15.0 Å². The fourth-order valence-corrected chi connectivity index (χ4v) is 2.70. The first-order valence-electron chi connectivity index (χ1n) is 7.80. The van der Waals surface area contributed by atoms with Crippen LogP contribution in [0.3, 0.4) is 0 Å². The van der Waals surface area contributed by atoms with Crippen LogP contribution in [-0.4, -0.2) is 20.7 Å². The zero-order chi connectivity index (χ0) is 15.5. The van der Waals surface area contributed by atoms with Gasteiger partial charge in [-0.15, -0.1) is 5.10 Å². The molecule has 0 saturated heterocycles. The first-order valence-corrected chi connectivity index (χ1v) is 7.80. The van der Waals surface area contributed by atoms with Crippen molar-refractivity contribution in [2.45, 2.75) is 19.3 Å². The van der Waals surface area contributed by atoms with Crippen LogP contribution in [-0.2, 0) is 6.42 Å². The van der Waals surface area contributed by atoms with Gasteiger partial charge in [0.05, 0.1) is 22.8 Å². The lowest BCUT2D eigenvalue weighted by molar-refractivity contribution is 0.731. The smallest absolute Gasteiger partial charge is 0.132 e. The van der Waals surface area contributed by atoms with E-state index in [2.05, 4.69) is 20.7 Å². The first kappa shape index (κ1) is 13.7. The Kier molecular flexibility index (Phi) is 3.60. The van der Waals surface area contributed by atoms with Crippen LogP contribution in [0.4, 0.5) is 5.69 Å². The van der Waals surface area contributed by atoms with Crippen LogP contribution in [0.2, 0.25) is 0 Å². The van der Waals surface area contributed by atoms with Crippen molar-refractivity contribution >= 4 is 11.4 Å². The number of anilines is 1. The molecule has 23 heavy (non-hydrogen) atoms. The van der Waals surface area contributed by atoms with Crippen molar-refractivity contribution in [3.05, 3.63) is 72.1 Å². The number of hydrogen-bond donors (Lipinski definition) is 1. The molecule has 0 aliphatic heterocycles. The molecule has 0 spiro atoms. The van der Waals surface area contributed by atoms with E-state index >= 15 is 0 Å². The Balaban J connectivity index is 1.64. The van der Waals surface area contributed by atoms with E-state index in [9.17, 15) is 0 Å². The van der Waals surface area contributed by atoms with E-state index in [1.807, 2.05) is 60.7 Å². The molecule has 1 aromatic heterocycles. The van der Waals surface area contributed by atoms with Gasteiger partial charge >= 0.3 is 0 Å². The zero-order valence-corrected chi connectivity index (χ0v) is 12.7. The quantitative estimate of drug-likeness (QED) is 0.754. The Labute approximate surface area is 134 Å². The monoisotopic (exact) mass is 303 g/mol. The minimum Gasteiger partial charge on any atom is -0.278 e. The maximum atomic E-state index is 4.65. The normalized spacial score (nSPS) is 15.4. The molecule has 0 atom stereocenters. The summed E-state index contributed by atoms with van der Waals surface area (Å²) in [6.07, 6.45) is 2.92. The molecule has 0 radical (unpaired) electrons. The second-order valence-corrected chi connectivity index (χ2v) is 5.51. The van der Waals surface area contributed by atoms with E-state index in [0.29, 0.717) is 0 Å². The SMILES string of the molecule is c1ccc(N/N=C2\CCCc3nn(-c4ccccc4)nc32)cc1. The van der Waals surface area contributed by atoms with Crippen LogP contribution >= 0.6 is 0 Å². The van der Waals surface area contributed by atoms with Gasteiger partial charge in [0, 0.05) is 0 Å². The predicted octanol–water partition coefficient (Wildman–Crippen LogP) is 3.42. The summed E-state index contributed by atoms with van der Waals surface area (Å²) in [5.41, 5.74) is 7.96. The molecule has 4 rings (SSSR count). The minimum atomic E-state index is 0.906. The highest BCUT2D eigenvalue weighted by Crippen LogP contribution is 2.20. The van der Waals surface area contributed by atoms with Crippen molar-refractivity contribution in [2.75, 3.05) is 5.43 Å². The number of hydrogen-bond acceptors (Lipinski definition) is 4. The molecule has 2 aromatic carbocycles. The lowest BCUT2D eigenvalue weighted by Gasteiger charge is -2.11. The summed E-state index contributed by atoms with van der Waals surface area (Å²) >= 11 is 0. The topological polar surface area (TPSA) is 55.1 Å². The van der Waals surface area contributed by atoms with Crippen LogP contribution in [0.15, 0.2) is 65.8 Å². The molecule has 1 heterocycles. The highest BCUT2D eigenvalue weighted by Gasteiger charge is 2.22. The summed E-state index contributed by atoms with van der Waals surface area (Å²) in [6.45, 7) is 0. The van der Waals surface area contributed by atoms with Crippen LogP contribution in [0.25, 0.3) is 5.69 Å². The van der Waals surface area contributed by atoms with Crippen molar-refractivity contribution in [2.24, 2.45) is 5.10 Å². The maximum absolute atomic E-state index is 4.65. The van der Waals surface area contributed by atoms with E-state index in [0.717, 1.165) is 47.7 Å². The highest BCUT2D eigenvalue weighted by molar-refractivity contribution is 6.01. The van der Waals surface area contributed by atoms with Gasteiger partial charge in [0.25, 0.3) is 0 Å². The molecule has 0 unspecified atom stereocenters. The number of hydrazone groups is 1. The fraction of sp³-hybridized carbons (Fsp3) is 0.167. The average molecular weight is 303 g/mol. The molecule has 5 heteroatoms. The molecule has 0 amide bonds. The van der Waals surface area contributed by atoms with Crippen LogP contribution in [0.1, 0.15) is 24.2 Å². The zero-order valence-electron chi connectivity index (χ0n) is 12.7. The molecular weight excluding hydrogens is 286 g/mol. The lowest BCUT2D eigenvalue weighted by Crippen LogP contribution is -2.13. The Morgan fingerprint density at radius 2 is 1.61 bits per heavy atom. The number of para-hydroxylation sites is 2. The van der Waals surface area contributed by atoms with E-state index < -0.39 is 0 Å². The molecule has 1 aliphatic rings. The Morgan fingerprint density at radius 3 is 2.39 bits per heavy atom. The van der Waals surface area contributed by atoms with Gasteiger partial charge in [-0.25, -0.2) is 0 Å². The molecule has 0 bridgehead atoms. The molecule has 0 fully saturated rings. The first-order chi connectivity index (χ1) is 11.4. The second-order valence-electron chi connectivity index (χ2n) is 5.51. The number of rotatable bonds is 3. The summed E-state index contributed by atoms with van der Waals surface area (Å²) < 4.78 is 0. The van der Waals surface area contributed by atoms with E-state index in [4.69, 9.17) is 0 Å². The predicted molar refractivity (Wildman–Crippen MR) is 90.9 cm³/mol. The van der Waals surface area contributed by atoms with Gasteiger partial charge in [-0.05, 0) is 43.5 Å². The van der Waals surface area contributed by atoms with Gasteiger partial charge in [-0.1, -0.05) is 36.4 Å². The molecule has 5 nitrogen and oxygen atoms in total. The number of nitrogens with zero attached hydrogens (tertiary/aromatic N) is 4. The highest BCUT2D eigenvalue weighted by atomic mass is 15.5. The largest absolute Gasteiger partial charge is 0.278 e. The van der Waals surface area contributed by atoms with Gasteiger partial charge in [0.15, 0.2) is 0 Å². The molecular formula is C18H17N5. The molecule has 1 N–H and O–H groups in total. The Hall–Kier alpha value is -2.95. The van der Waals surface area contributed by atoms with E-state index in [1.165, 1.54) is 0 Å². The number of nitrogens with one attached hydrogen (secondary N) is 1. The van der Waals surface area contributed by atoms with Crippen molar-refractivity contribution in [1.29, 1.82) is 0 Å². The van der Waals surface area contributed by atoms with Crippen LogP contribution in [0.5, 0.6) is 0 Å². The number of benzene rings is 2. The van der Waals surface area contributed by atoms with Crippen LogP contribution in [0, 0.1) is 0 Å². The number of aromatic nitrogens is 3. The van der Waals surface area contributed by atoms with Crippen molar-refractivity contribution in [3.63, 3.8) is 0 Å². The Morgan fingerprint density at radius 1 is 0.870 bits per heavy atom. The van der Waals surface area contributed by atoms with Crippen LogP contribution < -0.4 is 5.43 Å². The summed E-state index contributed by atoms with van der Waals surface area (Å²) in [5, 5.41) is 13.8.